The molecule has 2 heterocycles. The monoisotopic (exact) mass is 468 g/mol. The van der Waals surface area contributed by atoms with Crippen LogP contribution >= 0.6 is 11.9 Å². The zero-order valence-electron chi connectivity index (χ0n) is 19.9. The number of nitrogens with one attached hydrogen (secondary N) is 2. The Bertz CT molecular complexity index is 907. The van der Waals surface area contributed by atoms with Crippen molar-refractivity contribution in [3.63, 3.8) is 0 Å². The van der Waals surface area contributed by atoms with E-state index in [9.17, 15) is 4.79 Å². The maximum atomic E-state index is 11.5. The Morgan fingerprint density at radius 1 is 0.970 bits per heavy atom. The first-order valence-corrected chi connectivity index (χ1v) is 12.6. The zero-order valence-corrected chi connectivity index (χ0v) is 20.7. The molecule has 0 bridgehead atoms. The summed E-state index contributed by atoms with van der Waals surface area (Å²) >= 11 is 1.69. The first kappa shape index (κ1) is 25.3. The van der Waals surface area contributed by atoms with Crippen LogP contribution in [0, 0.1) is 0 Å². The van der Waals surface area contributed by atoms with E-state index >= 15 is 0 Å². The molecule has 4 rings (SSSR count). The largest absolute Gasteiger partial charge is 0.382 e. The minimum atomic E-state index is -0.401. The molecule has 33 heavy (non-hydrogen) atoms. The van der Waals surface area contributed by atoms with Gasteiger partial charge in [-0.3, -0.25) is 10.0 Å². The molecule has 0 saturated carbocycles. The summed E-state index contributed by atoms with van der Waals surface area (Å²) in [7, 11) is 2.19. The summed E-state index contributed by atoms with van der Waals surface area (Å²) in [4.78, 5) is 15.0. The van der Waals surface area contributed by atoms with E-state index in [1.807, 2.05) is 19.9 Å². The molecule has 1 saturated heterocycles. The van der Waals surface area contributed by atoms with Crippen molar-refractivity contribution in [2.45, 2.75) is 44.0 Å². The normalized spacial score (nSPS) is 17.5. The van der Waals surface area contributed by atoms with Gasteiger partial charge in [-0.05, 0) is 86.7 Å². The minimum Gasteiger partial charge on any atom is -0.382 e. The first-order chi connectivity index (χ1) is 16.1. The van der Waals surface area contributed by atoms with Crippen molar-refractivity contribution >= 4 is 23.5 Å². The predicted octanol–water partition coefficient (Wildman–Crippen LogP) is 5.03. The number of rotatable bonds is 6. The van der Waals surface area contributed by atoms with Gasteiger partial charge >= 0.3 is 0 Å². The molecule has 0 unspecified atom stereocenters. The molecule has 7 heteroatoms. The summed E-state index contributed by atoms with van der Waals surface area (Å²) in [5, 5.41) is 12.4. The van der Waals surface area contributed by atoms with Gasteiger partial charge in [-0.2, -0.15) is 0 Å². The molecule has 178 valence electrons. The van der Waals surface area contributed by atoms with Crippen molar-refractivity contribution in [1.29, 1.82) is 0 Å². The molecule has 0 aromatic heterocycles. The molecule has 1 amide bonds. The maximum Gasteiger partial charge on any atom is 0.270 e. The van der Waals surface area contributed by atoms with Crippen LogP contribution in [0.2, 0.25) is 0 Å². The highest BCUT2D eigenvalue weighted by atomic mass is 32.2. The fraction of sp³-hybridized carbons (Fsp3) is 0.423. The van der Waals surface area contributed by atoms with Gasteiger partial charge in [0.15, 0.2) is 0 Å². The first-order valence-electron chi connectivity index (χ1n) is 11.8. The molecule has 3 N–H and O–H groups in total. The van der Waals surface area contributed by atoms with E-state index in [0.29, 0.717) is 24.6 Å². The third-order valence-electron chi connectivity index (χ3n) is 5.96. The van der Waals surface area contributed by atoms with Crippen molar-refractivity contribution in [1.82, 2.24) is 14.7 Å². The van der Waals surface area contributed by atoms with E-state index in [-0.39, 0.29) is 0 Å². The van der Waals surface area contributed by atoms with Gasteiger partial charge in [-0.25, -0.2) is 9.79 Å². The molecule has 2 aromatic rings. The second-order valence-electron chi connectivity index (χ2n) is 8.22. The van der Waals surface area contributed by atoms with E-state index < -0.39 is 5.91 Å². The molecule has 2 aromatic carbocycles. The lowest BCUT2D eigenvalue weighted by molar-refractivity contribution is -0.125. The lowest BCUT2D eigenvalue weighted by atomic mass is 10.0. The van der Waals surface area contributed by atoms with Crippen LogP contribution in [-0.4, -0.2) is 59.6 Å². The van der Waals surface area contributed by atoms with E-state index in [1.54, 1.807) is 17.4 Å². The highest BCUT2D eigenvalue weighted by Gasteiger charge is 2.18. The van der Waals surface area contributed by atoms with Crippen LogP contribution in [0.15, 0.2) is 65.1 Å². The molecular weight excluding hydrogens is 432 g/mol. The highest BCUT2D eigenvalue weighted by molar-refractivity contribution is 7.97. The zero-order chi connectivity index (χ0) is 23.6. The third kappa shape index (κ3) is 7.33. The number of hydrogen-bond donors (Lipinski definition) is 3. The van der Waals surface area contributed by atoms with Crippen LogP contribution in [0.25, 0.3) is 11.1 Å². The van der Waals surface area contributed by atoms with Gasteiger partial charge in [0, 0.05) is 35.3 Å². The number of piperidine rings is 1. The van der Waals surface area contributed by atoms with Crippen molar-refractivity contribution in [3.05, 3.63) is 60.2 Å². The van der Waals surface area contributed by atoms with E-state index in [2.05, 4.69) is 70.1 Å². The second kappa shape index (κ2) is 12.8. The number of likely N-dealkylation sites (tertiary alicyclic amines) is 1. The average molecular weight is 469 g/mol. The molecule has 1 fully saturated rings. The summed E-state index contributed by atoms with van der Waals surface area (Å²) < 4.78 is 2.21. The summed E-state index contributed by atoms with van der Waals surface area (Å²) in [6.45, 7) is 7.78. The van der Waals surface area contributed by atoms with Gasteiger partial charge < -0.3 is 10.2 Å². The van der Waals surface area contributed by atoms with Gasteiger partial charge in [-0.1, -0.05) is 44.2 Å². The number of anilines is 1. The van der Waals surface area contributed by atoms with Crippen LogP contribution in [0.5, 0.6) is 0 Å². The third-order valence-corrected chi connectivity index (χ3v) is 7.03. The fourth-order valence-electron chi connectivity index (χ4n) is 4.02. The Morgan fingerprint density at radius 3 is 2.12 bits per heavy atom. The number of hydrogen-bond acceptors (Lipinski definition) is 6. The number of benzene rings is 2. The Balaban J connectivity index is 0.00000149. The van der Waals surface area contributed by atoms with E-state index in [4.69, 9.17) is 5.21 Å². The molecular formula is C26H36N4O2S. The average Bonchev–Trinajstić information content (AvgIpc) is 2.88. The molecule has 0 radical (unpaired) electrons. The number of amides is 1. The van der Waals surface area contributed by atoms with Crippen LogP contribution in [-0.2, 0) is 4.79 Å². The standard InChI is InChI=1S/C24H30N4O2S.C2H6/c1-27-14-12-22(13-15-27)25-21-6-2-18(3-7-21)19-4-8-23(9-5-19)31-28-16-10-20(11-17-28)24(29)26-30;1-2/h2-10,22,25,30H,11-17H2,1H3,(H,26,29);1-2H3. The quantitative estimate of drug-likeness (QED) is 0.314. The van der Waals surface area contributed by atoms with E-state index in [0.717, 1.165) is 19.6 Å². The smallest absolute Gasteiger partial charge is 0.270 e. The second-order valence-corrected chi connectivity index (χ2v) is 9.39. The molecule has 2 aliphatic heterocycles. The summed E-state index contributed by atoms with van der Waals surface area (Å²) in [6, 6.07) is 17.9. The van der Waals surface area contributed by atoms with Crippen molar-refractivity contribution in [2.24, 2.45) is 0 Å². The Kier molecular flexibility index (Phi) is 9.81. The topological polar surface area (TPSA) is 67.8 Å². The fourth-order valence-corrected chi connectivity index (χ4v) is 4.90. The van der Waals surface area contributed by atoms with Gasteiger partial charge in [0.25, 0.3) is 5.91 Å². The molecule has 6 nitrogen and oxygen atoms in total. The van der Waals surface area contributed by atoms with Gasteiger partial charge in [-0.15, -0.1) is 0 Å². The minimum absolute atomic E-state index is 0.401. The SMILES string of the molecule is CC.CN1CCC(Nc2ccc(-c3ccc(SN4CC=C(C(=O)NO)CC4)cc3)cc2)CC1. The van der Waals surface area contributed by atoms with Crippen LogP contribution in [0.3, 0.4) is 0 Å². The van der Waals surface area contributed by atoms with Crippen LogP contribution < -0.4 is 10.8 Å². The Labute approximate surface area is 202 Å². The molecule has 0 aliphatic carbocycles. The van der Waals surface area contributed by atoms with E-state index in [1.165, 1.54) is 34.6 Å². The predicted molar refractivity (Wildman–Crippen MR) is 137 cm³/mol. The molecule has 0 spiro atoms. The number of hydroxylamine groups is 1. The van der Waals surface area contributed by atoms with Crippen LogP contribution in [0.4, 0.5) is 5.69 Å². The number of nitrogens with zero attached hydrogens (tertiary/aromatic N) is 2. The highest BCUT2D eigenvalue weighted by Crippen LogP contribution is 2.29. The summed E-state index contributed by atoms with van der Waals surface area (Å²) in [5.41, 5.74) is 5.96. The van der Waals surface area contributed by atoms with Crippen LogP contribution in [0.1, 0.15) is 33.1 Å². The van der Waals surface area contributed by atoms with Gasteiger partial charge in [0.2, 0.25) is 0 Å². The Morgan fingerprint density at radius 2 is 1.58 bits per heavy atom. The lowest BCUT2D eigenvalue weighted by Gasteiger charge is -2.30. The lowest BCUT2D eigenvalue weighted by Crippen LogP contribution is -2.36. The number of carbonyl (C=O) groups excluding carboxylic acids is 1. The maximum absolute atomic E-state index is 11.5. The van der Waals surface area contributed by atoms with Crippen molar-refractivity contribution in [2.75, 3.05) is 38.5 Å². The number of carbonyl (C=O) groups is 1. The van der Waals surface area contributed by atoms with Crippen molar-refractivity contribution in [3.8, 4) is 11.1 Å². The molecule has 0 atom stereocenters. The van der Waals surface area contributed by atoms with Gasteiger partial charge in [0.1, 0.15) is 0 Å². The summed E-state index contributed by atoms with van der Waals surface area (Å²) in [6.07, 6.45) is 4.90. The summed E-state index contributed by atoms with van der Waals surface area (Å²) in [5.74, 6) is -0.401. The van der Waals surface area contributed by atoms with Crippen molar-refractivity contribution < 1.29 is 10.0 Å². The Hall–Kier alpha value is -2.32. The van der Waals surface area contributed by atoms with Gasteiger partial charge in [0.05, 0.1) is 0 Å². The molecule has 2 aliphatic rings.